The number of hydrogen-bond donors (Lipinski definition) is 2. The molecule has 2 N–H and O–H groups in total. The molecule has 0 atom stereocenters. The maximum Gasteiger partial charge on any atom is 0.336 e. The lowest BCUT2D eigenvalue weighted by Gasteiger charge is -2.17. The summed E-state index contributed by atoms with van der Waals surface area (Å²) in [6.45, 7) is 0.390. The lowest BCUT2D eigenvalue weighted by atomic mass is 10.1. The van der Waals surface area contributed by atoms with E-state index in [9.17, 15) is 9.59 Å². The fourth-order valence-corrected chi connectivity index (χ4v) is 1.47. The molecule has 92 valence electrons. The van der Waals surface area contributed by atoms with Crippen molar-refractivity contribution in [3.8, 4) is 0 Å². The SMILES string of the molecule is CN(CCCO)C(=O)c1ccccc1C(=O)O. The normalized spacial score (nSPS) is 10.0. The van der Waals surface area contributed by atoms with Crippen LogP contribution in [0.3, 0.4) is 0 Å². The smallest absolute Gasteiger partial charge is 0.336 e. The van der Waals surface area contributed by atoms with E-state index in [1.165, 1.54) is 17.0 Å². The highest BCUT2D eigenvalue weighted by atomic mass is 16.4. The number of aromatic carboxylic acids is 1. The van der Waals surface area contributed by atoms with E-state index in [-0.39, 0.29) is 23.6 Å². The third kappa shape index (κ3) is 3.29. The zero-order valence-corrected chi connectivity index (χ0v) is 9.59. The Morgan fingerprint density at radius 2 is 1.82 bits per heavy atom. The number of benzene rings is 1. The van der Waals surface area contributed by atoms with Crippen LogP contribution in [0.4, 0.5) is 0 Å². The number of rotatable bonds is 5. The van der Waals surface area contributed by atoms with Crippen LogP contribution >= 0.6 is 0 Å². The predicted molar refractivity (Wildman–Crippen MR) is 62.1 cm³/mol. The van der Waals surface area contributed by atoms with Crippen molar-refractivity contribution in [1.82, 2.24) is 4.90 Å². The van der Waals surface area contributed by atoms with Gasteiger partial charge in [-0.1, -0.05) is 12.1 Å². The Morgan fingerprint density at radius 3 is 2.35 bits per heavy atom. The summed E-state index contributed by atoms with van der Waals surface area (Å²) in [7, 11) is 1.58. The molecule has 5 heteroatoms. The molecule has 17 heavy (non-hydrogen) atoms. The van der Waals surface area contributed by atoms with Gasteiger partial charge in [-0.05, 0) is 18.6 Å². The summed E-state index contributed by atoms with van der Waals surface area (Å²) in [6, 6.07) is 6.09. The van der Waals surface area contributed by atoms with Crippen LogP contribution in [0.15, 0.2) is 24.3 Å². The summed E-state index contributed by atoms with van der Waals surface area (Å²) in [5, 5.41) is 17.6. The molecule has 1 aromatic carbocycles. The van der Waals surface area contributed by atoms with Gasteiger partial charge in [0.2, 0.25) is 0 Å². The average molecular weight is 237 g/mol. The van der Waals surface area contributed by atoms with Crippen LogP contribution in [-0.4, -0.2) is 47.2 Å². The molecule has 1 aromatic rings. The van der Waals surface area contributed by atoms with Gasteiger partial charge >= 0.3 is 5.97 Å². The summed E-state index contributed by atoms with van der Waals surface area (Å²) < 4.78 is 0. The van der Waals surface area contributed by atoms with Gasteiger partial charge in [-0.25, -0.2) is 4.79 Å². The maximum absolute atomic E-state index is 12.0. The highest BCUT2D eigenvalue weighted by Gasteiger charge is 2.18. The molecular weight excluding hydrogens is 222 g/mol. The van der Waals surface area contributed by atoms with E-state index < -0.39 is 5.97 Å². The lowest BCUT2D eigenvalue weighted by Crippen LogP contribution is -2.29. The fourth-order valence-electron chi connectivity index (χ4n) is 1.47. The van der Waals surface area contributed by atoms with Crippen LogP contribution in [0.2, 0.25) is 0 Å². The Labute approximate surface area is 99.3 Å². The van der Waals surface area contributed by atoms with Crippen molar-refractivity contribution >= 4 is 11.9 Å². The lowest BCUT2D eigenvalue weighted by molar-refractivity contribution is 0.0680. The summed E-state index contributed by atoms with van der Waals surface area (Å²) in [5.74, 6) is -1.47. The van der Waals surface area contributed by atoms with Crippen molar-refractivity contribution < 1.29 is 19.8 Å². The number of amides is 1. The fraction of sp³-hybridized carbons (Fsp3) is 0.333. The van der Waals surface area contributed by atoms with Crippen molar-refractivity contribution in [2.24, 2.45) is 0 Å². The molecule has 0 saturated heterocycles. The van der Waals surface area contributed by atoms with Crippen LogP contribution < -0.4 is 0 Å². The first-order valence-corrected chi connectivity index (χ1v) is 5.26. The van der Waals surface area contributed by atoms with Gasteiger partial charge in [0.05, 0.1) is 11.1 Å². The highest BCUT2D eigenvalue weighted by Crippen LogP contribution is 2.11. The quantitative estimate of drug-likeness (QED) is 0.795. The first kappa shape index (κ1) is 13.2. The van der Waals surface area contributed by atoms with E-state index in [1.807, 2.05) is 0 Å². The molecule has 0 aliphatic rings. The number of aliphatic hydroxyl groups excluding tert-OH is 1. The number of carboxylic acid groups (broad SMARTS) is 1. The Balaban J connectivity index is 2.92. The monoisotopic (exact) mass is 237 g/mol. The van der Waals surface area contributed by atoms with Gasteiger partial charge in [-0.3, -0.25) is 4.79 Å². The van der Waals surface area contributed by atoms with Crippen LogP contribution in [0.25, 0.3) is 0 Å². The molecule has 0 spiro atoms. The van der Waals surface area contributed by atoms with Crippen LogP contribution in [0.5, 0.6) is 0 Å². The van der Waals surface area contributed by atoms with Gasteiger partial charge in [0, 0.05) is 20.2 Å². The van der Waals surface area contributed by atoms with Gasteiger partial charge in [-0.2, -0.15) is 0 Å². The predicted octanol–water partition coefficient (Wildman–Crippen LogP) is 0.839. The average Bonchev–Trinajstić information content (AvgIpc) is 2.34. The first-order chi connectivity index (χ1) is 8.07. The number of hydrogen-bond acceptors (Lipinski definition) is 3. The van der Waals surface area contributed by atoms with E-state index in [0.717, 1.165) is 0 Å². The van der Waals surface area contributed by atoms with Crippen molar-refractivity contribution in [2.75, 3.05) is 20.2 Å². The molecule has 0 radical (unpaired) electrons. The molecule has 1 rings (SSSR count). The van der Waals surface area contributed by atoms with E-state index in [1.54, 1.807) is 19.2 Å². The molecule has 5 nitrogen and oxygen atoms in total. The van der Waals surface area contributed by atoms with E-state index >= 15 is 0 Å². The molecule has 0 aromatic heterocycles. The van der Waals surface area contributed by atoms with Gasteiger partial charge in [0.15, 0.2) is 0 Å². The van der Waals surface area contributed by atoms with Gasteiger partial charge in [-0.15, -0.1) is 0 Å². The maximum atomic E-state index is 12.0. The second-order valence-corrected chi connectivity index (χ2v) is 3.65. The molecule has 0 saturated carbocycles. The zero-order valence-electron chi connectivity index (χ0n) is 9.59. The number of carboxylic acids is 1. The minimum Gasteiger partial charge on any atom is -0.478 e. The van der Waals surface area contributed by atoms with Crippen molar-refractivity contribution in [3.63, 3.8) is 0 Å². The van der Waals surface area contributed by atoms with Crippen molar-refractivity contribution in [1.29, 1.82) is 0 Å². The van der Waals surface area contributed by atoms with Gasteiger partial charge in [0.1, 0.15) is 0 Å². The number of carbonyl (C=O) groups is 2. The van der Waals surface area contributed by atoms with Crippen LogP contribution in [0.1, 0.15) is 27.1 Å². The molecule has 0 unspecified atom stereocenters. The number of aliphatic hydroxyl groups is 1. The van der Waals surface area contributed by atoms with Crippen molar-refractivity contribution in [3.05, 3.63) is 35.4 Å². The van der Waals surface area contributed by atoms with E-state index in [4.69, 9.17) is 10.2 Å². The topological polar surface area (TPSA) is 77.8 Å². The summed E-state index contributed by atoms with van der Waals surface area (Å²) in [6.07, 6.45) is 0.470. The largest absolute Gasteiger partial charge is 0.478 e. The minimum atomic E-state index is -1.12. The Kier molecular flexibility index (Phi) is 4.66. The molecule has 0 fully saturated rings. The second-order valence-electron chi connectivity index (χ2n) is 3.65. The molecule has 0 aliphatic heterocycles. The number of carbonyl (C=O) groups excluding carboxylic acids is 1. The van der Waals surface area contributed by atoms with Gasteiger partial charge < -0.3 is 15.1 Å². The Morgan fingerprint density at radius 1 is 1.24 bits per heavy atom. The Hall–Kier alpha value is -1.88. The number of nitrogens with zero attached hydrogens (tertiary/aromatic N) is 1. The van der Waals surface area contributed by atoms with Crippen molar-refractivity contribution in [2.45, 2.75) is 6.42 Å². The minimum absolute atomic E-state index is 0.00179. The van der Waals surface area contributed by atoms with Crippen LogP contribution in [-0.2, 0) is 0 Å². The molecule has 0 bridgehead atoms. The molecule has 0 aliphatic carbocycles. The van der Waals surface area contributed by atoms with Gasteiger partial charge in [0.25, 0.3) is 5.91 Å². The molecule has 1 amide bonds. The third-order valence-electron chi connectivity index (χ3n) is 2.39. The zero-order chi connectivity index (χ0) is 12.8. The first-order valence-electron chi connectivity index (χ1n) is 5.26. The second kappa shape index (κ2) is 6.00. The van der Waals surface area contributed by atoms with E-state index in [2.05, 4.69) is 0 Å². The Bertz CT molecular complexity index is 417. The summed E-state index contributed by atoms with van der Waals surface area (Å²) >= 11 is 0. The van der Waals surface area contributed by atoms with Crippen LogP contribution in [0, 0.1) is 0 Å². The molecule has 0 heterocycles. The summed E-state index contributed by atoms with van der Waals surface area (Å²) in [4.78, 5) is 24.3. The summed E-state index contributed by atoms with van der Waals surface area (Å²) in [5.41, 5.74) is 0.161. The third-order valence-corrected chi connectivity index (χ3v) is 2.39. The standard InChI is InChI=1S/C12H15NO4/c1-13(7-4-8-14)11(15)9-5-2-3-6-10(9)12(16)17/h2-3,5-6,14H,4,7-8H2,1H3,(H,16,17). The molecular formula is C12H15NO4. The van der Waals surface area contributed by atoms with E-state index in [0.29, 0.717) is 13.0 Å². The highest BCUT2D eigenvalue weighted by molar-refractivity contribution is 6.04.